The van der Waals surface area contributed by atoms with Crippen LogP contribution < -0.4 is 11.1 Å². The monoisotopic (exact) mass is 248 g/mol. The third kappa shape index (κ3) is 2.29. The van der Waals surface area contributed by atoms with E-state index < -0.39 is 0 Å². The summed E-state index contributed by atoms with van der Waals surface area (Å²) < 4.78 is 0. The average molecular weight is 249 g/mol. The number of nitrogens with one attached hydrogen (secondary N) is 2. The van der Waals surface area contributed by atoms with Crippen LogP contribution in [0.3, 0.4) is 0 Å². The molecule has 0 radical (unpaired) electrons. The average Bonchev–Trinajstić information content (AvgIpc) is 2.74. The van der Waals surface area contributed by atoms with E-state index in [1.807, 2.05) is 6.07 Å². The van der Waals surface area contributed by atoms with Gasteiger partial charge in [0.05, 0.1) is 11.8 Å². The maximum Gasteiger partial charge on any atom is 0.146 e. The van der Waals surface area contributed by atoms with Crippen molar-refractivity contribution in [2.45, 2.75) is 6.54 Å². The molecule has 2 aromatic heterocycles. The van der Waals surface area contributed by atoms with E-state index >= 15 is 0 Å². The molecule has 4 N–H and O–H groups in total. The summed E-state index contributed by atoms with van der Waals surface area (Å²) in [7, 11) is 0. The molecule has 0 saturated carbocycles. The van der Waals surface area contributed by atoms with E-state index in [1.54, 1.807) is 12.3 Å². The van der Waals surface area contributed by atoms with Crippen LogP contribution >= 0.6 is 11.6 Å². The number of anilines is 2. The highest BCUT2D eigenvalue weighted by molar-refractivity contribution is 6.34. The number of hydrogen-bond acceptors (Lipinski definition) is 5. The molecule has 2 rings (SSSR count). The maximum absolute atomic E-state index is 8.81. The first-order valence-electron chi connectivity index (χ1n) is 4.78. The number of nitrogen functional groups attached to an aromatic ring is 1. The Balaban J connectivity index is 2.15. The van der Waals surface area contributed by atoms with E-state index in [4.69, 9.17) is 22.6 Å². The molecule has 0 aliphatic rings. The van der Waals surface area contributed by atoms with Crippen LogP contribution in [0.15, 0.2) is 18.5 Å². The molecule has 0 atom stereocenters. The standard InChI is InChI=1S/C10H9ClN6/c11-8-6(3-12)1-2-14-10(8)15-4-7-5-16-17-9(7)13/h1-2,5H,4H2,(H,14,15)(H3,13,16,17). The predicted molar refractivity (Wildman–Crippen MR) is 64.3 cm³/mol. The van der Waals surface area contributed by atoms with Gasteiger partial charge in [-0.15, -0.1) is 0 Å². The lowest BCUT2D eigenvalue weighted by Crippen LogP contribution is -2.04. The summed E-state index contributed by atoms with van der Waals surface area (Å²) in [6, 6.07) is 3.54. The minimum absolute atomic E-state index is 0.303. The van der Waals surface area contributed by atoms with Gasteiger partial charge in [-0.3, -0.25) is 5.10 Å². The summed E-state index contributed by atoms with van der Waals surface area (Å²) >= 11 is 5.99. The van der Waals surface area contributed by atoms with Crippen LogP contribution in [0.2, 0.25) is 5.02 Å². The molecule has 17 heavy (non-hydrogen) atoms. The van der Waals surface area contributed by atoms with E-state index in [9.17, 15) is 0 Å². The number of halogens is 1. The third-order valence-corrected chi connectivity index (χ3v) is 2.59. The van der Waals surface area contributed by atoms with Crippen molar-refractivity contribution in [3.05, 3.63) is 34.6 Å². The van der Waals surface area contributed by atoms with E-state index in [-0.39, 0.29) is 0 Å². The molecule has 0 aromatic carbocycles. The van der Waals surface area contributed by atoms with Crippen LogP contribution in [0.5, 0.6) is 0 Å². The van der Waals surface area contributed by atoms with Gasteiger partial charge in [0.1, 0.15) is 22.7 Å². The third-order valence-electron chi connectivity index (χ3n) is 2.21. The van der Waals surface area contributed by atoms with Gasteiger partial charge >= 0.3 is 0 Å². The van der Waals surface area contributed by atoms with Gasteiger partial charge in [0.15, 0.2) is 0 Å². The van der Waals surface area contributed by atoms with Crippen molar-refractivity contribution in [3.63, 3.8) is 0 Å². The van der Waals surface area contributed by atoms with Gasteiger partial charge in [-0.1, -0.05) is 11.6 Å². The molecule has 0 spiro atoms. The van der Waals surface area contributed by atoms with Crippen molar-refractivity contribution in [3.8, 4) is 6.07 Å². The quantitative estimate of drug-likeness (QED) is 0.764. The molecule has 0 unspecified atom stereocenters. The highest BCUT2D eigenvalue weighted by Gasteiger charge is 2.08. The number of H-pyrrole nitrogens is 1. The summed E-state index contributed by atoms with van der Waals surface area (Å²) in [4.78, 5) is 4.05. The van der Waals surface area contributed by atoms with Gasteiger partial charge in [-0.05, 0) is 6.07 Å². The van der Waals surface area contributed by atoms with E-state index in [2.05, 4.69) is 20.5 Å². The number of nitrogens with zero attached hydrogens (tertiary/aromatic N) is 3. The van der Waals surface area contributed by atoms with Crippen molar-refractivity contribution in [2.24, 2.45) is 0 Å². The topological polar surface area (TPSA) is 103 Å². The minimum Gasteiger partial charge on any atom is -0.384 e. The van der Waals surface area contributed by atoms with Crippen LogP contribution in [-0.4, -0.2) is 15.2 Å². The molecule has 2 heterocycles. The van der Waals surface area contributed by atoms with E-state index in [0.29, 0.717) is 28.8 Å². The molecule has 7 heteroatoms. The second-order valence-electron chi connectivity index (χ2n) is 3.30. The zero-order valence-electron chi connectivity index (χ0n) is 8.74. The smallest absolute Gasteiger partial charge is 0.146 e. The second-order valence-corrected chi connectivity index (χ2v) is 3.67. The predicted octanol–water partition coefficient (Wildman–Crippen LogP) is 1.52. The molecule has 6 nitrogen and oxygen atoms in total. The molecule has 0 aliphatic carbocycles. The fourth-order valence-corrected chi connectivity index (χ4v) is 1.52. The lowest BCUT2D eigenvalue weighted by molar-refractivity contribution is 1.10. The van der Waals surface area contributed by atoms with Gasteiger partial charge in [0.25, 0.3) is 0 Å². The Morgan fingerprint density at radius 2 is 2.41 bits per heavy atom. The van der Waals surface area contributed by atoms with Crippen LogP contribution in [-0.2, 0) is 6.54 Å². The summed E-state index contributed by atoms with van der Waals surface area (Å²) in [5.74, 6) is 0.941. The normalized spacial score (nSPS) is 9.88. The summed E-state index contributed by atoms with van der Waals surface area (Å²) in [5.41, 5.74) is 6.82. The lowest BCUT2D eigenvalue weighted by atomic mass is 10.2. The first-order chi connectivity index (χ1) is 8.22. The molecule has 0 saturated heterocycles. The number of pyridine rings is 1. The van der Waals surface area contributed by atoms with Gasteiger partial charge in [0, 0.05) is 18.3 Å². The van der Waals surface area contributed by atoms with Crippen molar-refractivity contribution in [1.29, 1.82) is 5.26 Å². The van der Waals surface area contributed by atoms with Crippen molar-refractivity contribution in [2.75, 3.05) is 11.1 Å². The Morgan fingerprint density at radius 1 is 1.59 bits per heavy atom. The molecule has 0 aliphatic heterocycles. The van der Waals surface area contributed by atoms with E-state index in [0.717, 1.165) is 5.56 Å². The first kappa shape index (κ1) is 11.2. The van der Waals surface area contributed by atoms with Gasteiger partial charge in [0.2, 0.25) is 0 Å². The first-order valence-corrected chi connectivity index (χ1v) is 5.16. The molecule has 2 aromatic rings. The fourth-order valence-electron chi connectivity index (χ4n) is 1.29. The number of nitriles is 1. The van der Waals surface area contributed by atoms with Gasteiger partial charge in [-0.2, -0.15) is 10.4 Å². The highest BCUT2D eigenvalue weighted by atomic mass is 35.5. The lowest BCUT2D eigenvalue weighted by Gasteiger charge is -2.06. The number of rotatable bonds is 3. The molecule has 0 amide bonds. The molecule has 0 bridgehead atoms. The van der Waals surface area contributed by atoms with Gasteiger partial charge < -0.3 is 11.1 Å². The summed E-state index contributed by atoms with van der Waals surface area (Å²) in [5, 5.41) is 18.5. The largest absolute Gasteiger partial charge is 0.384 e. The Hall–Kier alpha value is -2.26. The van der Waals surface area contributed by atoms with Crippen LogP contribution in [0.4, 0.5) is 11.6 Å². The molecular weight excluding hydrogens is 240 g/mol. The Labute approximate surface area is 102 Å². The maximum atomic E-state index is 8.81. The van der Waals surface area contributed by atoms with Crippen molar-refractivity contribution >= 4 is 23.2 Å². The second kappa shape index (κ2) is 4.72. The molecule has 0 fully saturated rings. The number of aromatic nitrogens is 3. The van der Waals surface area contributed by atoms with Gasteiger partial charge in [-0.25, -0.2) is 4.98 Å². The number of nitrogens with two attached hydrogens (primary N) is 1. The Kier molecular flexibility index (Phi) is 3.12. The van der Waals surface area contributed by atoms with Crippen molar-refractivity contribution < 1.29 is 0 Å². The fraction of sp³-hybridized carbons (Fsp3) is 0.100. The highest BCUT2D eigenvalue weighted by Crippen LogP contribution is 2.23. The molecular formula is C10H9ClN6. The number of hydrogen-bond donors (Lipinski definition) is 3. The summed E-state index contributed by atoms with van der Waals surface area (Å²) in [6.07, 6.45) is 3.13. The number of aromatic amines is 1. The zero-order chi connectivity index (χ0) is 12.3. The Bertz CT molecular complexity index is 570. The minimum atomic E-state index is 0.303. The van der Waals surface area contributed by atoms with Crippen molar-refractivity contribution in [1.82, 2.24) is 15.2 Å². The van der Waals surface area contributed by atoms with Crippen LogP contribution in [0.1, 0.15) is 11.1 Å². The van der Waals surface area contributed by atoms with Crippen LogP contribution in [0.25, 0.3) is 0 Å². The molecule has 86 valence electrons. The SMILES string of the molecule is N#Cc1ccnc(NCc2cn[nH]c2N)c1Cl. The van der Waals surface area contributed by atoms with E-state index in [1.165, 1.54) is 6.20 Å². The summed E-state index contributed by atoms with van der Waals surface area (Å²) in [6.45, 7) is 0.434. The zero-order valence-corrected chi connectivity index (χ0v) is 9.49. The Morgan fingerprint density at radius 3 is 3.06 bits per heavy atom. The van der Waals surface area contributed by atoms with Crippen LogP contribution in [0, 0.1) is 11.3 Å².